The van der Waals surface area contributed by atoms with Crippen LogP contribution >= 0.6 is 0 Å². The van der Waals surface area contributed by atoms with Crippen LogP contribution in [0.15, 0.2) is 58.2 Å². The zero-order chi connectivity index (χ0) is 25.0. The number of carbonyl (C=O) groups is 1. The summed E-state index contributed by atoms with van der Waals surface area (Å²) >= 11 is 0. The maximum atomic E-state index is 12.9. The quantitative estimate of drug-likeness (QED) is 0.534. The second-order valence-electron chi connectivity index (χ2n) is 8.81. The normalized spacial score (nSPS) is 15.0. The average Bonchev–Trinajstić information content (AvgIpc) is 3.14. The Bertz CT molecular complexity index is 1370. The Morgan fingerprint density at radius 2 is 1.71 bits per heavy atom. The van der Waals surface area contributed by atoms with Crippen LogP contribution in [0.2, 0.25) is 0 Å². The third-order valence-electron chi connectivity index (χ3n) is 6.42. The summed E-state index contributed by atoms with van der Waals surface area (Å²) in [5.41, 5.74) is 1.81. The summed E-state index contributed by atoms with van der Waals surface area (Å²) in [5.74, 6) is 0.300. The number of amides is 1. The van der Waals surface area contributed by atoms with Crippen molar-refractivity contribution < 1.29 is 17.9 Å². The predicted molar refractivity (Wildman–Crippen MR) is 136 cm³/mol. The van der Waals surface area contributed by atoms with Gasteiger partial charge in [0.1, 0.15) is 5.75 Å². The van der Waals surface area contributed by atoms with Crippen molar-refractivity contribution in [3.8, 4) is 5.75 Å². The molecule has 1 saturated heterocycles. The number of nitrogens with one attached hydrogen (secondary N) is 1. The number of aromatic nitrogens is 1. The molecule has 9 heteroatoms. The van der Waals surface area contributed by atoms with Crippen LogP contribution in [0, 0.1) is 6.92 Å². The molecule has 0 atom stereocenters. The van der Waals surface area contributed by atoms with Gasteiger partial charge in [0, 0.05) is 43.2 Å². The van der Waals surface area contributed by atoms with E-state index in [1.807, 2.05) is 19.1 Å². The number of aryl methyl sites for hydroxylation is 2. The Balaban J connectivity index is 1.45. The van der Waals surface area contributed by atoms with Gasteiger partial charge >= 0.3 is 0 Å². The van der Waals surface area contributed by atoms with Gasteiger partial charge in [0.2, 0.25) is 15.9 Å². The summed E-state index contributed by atoms with van der Waals surface area (Å²) in [6.07, 6.45) is 3.92. The third-order valence-corrected chi connectivity index (χ3v) is 8.34. The number of rotatable bonds is 7. The zero-order valence-electron chi connectivity index (χ0n) is 20.1. The van der Waals surface area contributed by atoms with Crippen molar-refractivity contribution in [1.29, 1.82) is 0 Å². The van der Waals surface area contributed by atoms with E-state index in [-0.39, 0.29) is 29.3 Å². The third kappa shape index (κ3) is 5.41. The summed E-state index contributed by atoms with van der Waals surface area (Å²) in [7, 11) is -1.99. The van der Waals surface area contributed by atoms with Gasteiger partial charge in [-0.15, -0.1) is 0 Å². The number of para-hydroxylation sites is 1. The van der Waals surface area contributed by atoms with E-state index in [1.165, 1.54) is 12.1 Å². The van der Waals surface area contributed by atoms with E-state index in [0.717, 1.165) is 36.6 Å². The van der Waals surface area contributed by atoms with E-state index in [1.54, 1.807) is 40.2 Å². The van der Waals surface area contributed by atoms with Crippen LogP contribution in [0.3, 0.4) is 0 Å². The highest BCUT2D eigenvalue weighted by atomic mass is 32.2. The van der Waals surface area contributed by atoms with Crippen LogP contribution in [0.5, 0.6) is 5.75 Å². The first-order valence-corrected chi connectivity index (χ1v) is 13.3. The summed E-state index contributed by atoms with van der Waals surface area (Å²) in [4.78, 5) is 25.6. The lowest BCUT2D eigenvalue weighted by Gasteiger charge is -2.20. The Morgan fingerprint density at radius 1 is 1.03 bits per heavy atom. The molecule has 0 bridgehead atoms. The smallest absolute Gasteiger partial charge is 0.251 e. The minimum Gasteiger partial charge on any atom is -0.495 e. The number of ether oxygens (including phenoxy) is 1. The second kappa shape index (κ2) is 10.6. The van der Waals surface area contributed by atoms with Gasteiger partial charge in [-0.3, -0.25) is 9.59 Å². The molecule has 0 aliphatic carbocycles. The van der Waals surface area contributed by atoms with Gasteiger partial charge in [0.25, 0.3) is 5.56 Å². The summed E-state index contributed by atoms with van der Waals surface area (Å²) in [6, 6.07) is 13.4. The number of fused-ring (bicyclic) bond motifs is 1. The molecule has 1 fully saturated rings. The molecule has 0 radical (unpaired) electrons. The van der Waals surface area contributed by atoms with Crippen LogP contribution < -0.4 is 15.6 Å². The van der Waals surface area contributed by atoms with Crippen molar-refractivity contribution in [2.24, 2.45) is 0 Å². The molecule has 1 N–H and O–H groups in total. The van der Waals surface area contributed by atoms with Crippen molar-refractivity contribution in [1.82, 2.24) is 8.87 Å². The largest absolute Gasteiger partial charge is 0.495 e. The molecule has 1 aromatic heterocycles. The first-order chi connectivity index (χ1) is 16.8. The number of sulfonamides is 1. The average molecular weight is 498 g/mol. The molecule has 8 nitrogen and oxygen atoms in total. The molecular formula is C26H31N3O5S. The molecule has 1 aliphatic rings. The minimum absolute atomic E-state index is 0.0734. The van der Waals surface area contributed by atoms with Crippen LogP contribution in [-0.4, -0.2) is 43.4 Å². The molecule has 2 heterocycles. The number of nitrogens with zero attached hydrogens (tertiary/aromatic N) is 2. The lowest BCUT2D eigenvalue weighted by atomic mass is 10.1. The molecule has 3 aromatic rings. The standard InChI is InChI=1S/C26H31N3O5S/c1-19-18-25(31)29(26-22(19)8-7-9-23(26)34-2)17-14-24(30)27-20-10-12-21(13-11-20)35(32,33)28-15-5-3-4-6-16-28/h7-13,18H,3-6,14-17H2,1-2H3,(H,27,30). The zero-order valence-corrected chi connectivity index (χ0v) is 20.9. The molecule has 4 rings (SSSR count). The lowest BCUT2D eigenvalue weighted by molar-refractivity contribution is -0.116. The number of methoxy groups -OCH3 is 1. The van der Waals surface area contributed by atoms with E-state index in [4.69, 9.17) is 4.74 Å². The van der Waals surface area contributed by atoms with Gasteiger partial charge in [0.05, 0.1) is 17.5 Å². The van der Waals surface area contributed by atoms with Crippen LogP contribution in [-0.2, 0) is 21.4 Å². The van der Waals surface area contributed by atoms with Crippen molar-refractivity contribution in [3.05, 3.63) is 64.4 Å². The highest BCUT2D eigenvalue weighted by Crippen LogP contribution is 2.27. The van der Waals surface area contributed by atoms with E-state index < -0.39 is 10.0 Å². The fraction of sp³-hybridized carbons (Fsp3) is 0.385. The molecule has 0 spiro atoms. The highest BCUT2D eigenvalue weighted by Gasteiger charge is 2.25. The lowest BCUT2D eigenvalue weighted by Crippen LogP contribution is -2.31. The molecule has 1 amide bonds. The SMILES string of the molecule is COc1cccc2c(C)cc(=O)n(CCC(=O)Nc3ccc(S(=O)(=O)N4CCCCCC4)cc3)c12. The second-order valence-corrected chi connectivity index (χ2v) is 10.8. The fourth-order valence-corrected chi connectivity index (χ4v) is 6.05. The van der Waals surface area contributed by atoms with Gasteiger partial charge < -0.3 is 14.6 Å². The van der Waals surface area contributed by atoms with Gasteiger partial charge in [-0.25, -0.2) is 8.42 Å². The summed E-state index contributed by atoms with van der Waals surface area (Å²) < 4.78 is 34.4. The molecule has 1 aliphatic heterocycles. The van der Waals surface area contributed by atoms with Gasteiger partial charge in [-0.2, -0.15) is 4.31 Å². The summed E-state index contributed by atoms with van der Waals surface area (Å²) in [5, 5.41) is 3.69. The van der Waals surface area contributed by atoms with Crippen LogP contribution in [0.1, 0.15) is 37.7 Å². The first-order valence-electron chi connectivity index (χ1n) is 11.9. The number of pyridine rings is 1. The minimum atomic E-state index is -3.54. The Morgan fingerprint density at radius 3 is 2.37 bits per heavy atom. The summed E-state index contributed by atoms with van der Waals surface area (Å²) in [6.45, 7) is 3.14. The number of carbonyl (C=O) groups excluding carboxylic acids is 1. The first kappa shape index (κ1) is 24.9. The number of benzene rings is 2. The van der Waals surface area contributed by atoms with Crippen molar-refractivity contribution >= 4 is 32.5 Å². The molecule has 0 saturated carbocycles. The monoisotopic (exact) mass is 497 g/mol. The van der Waals surface area contributed by atoms with Gasteiger partial charge in [-0.1, -0.05) is 25.0 Å². The van der Waals surface area contributed by atoms with E-state index in [0.29, 0.717) is 30.0 Å². The maximum absolute atomic E-state index is 12.9. The van der Waals surface area contributed by atoms with Crippen molar-refractivity contribution in [2.45, 2.75) is 50.5 Å². The molecule has 0 unspecified atom stereocenters. The topological polar surface area (TPSA) is 97.7 Å². The van der Waals surface area contributed by atoms with Gasteiger partial charge in [-0.05, 0) is 55.7 Å². The molecule has 186 valence electrons. The molecular weight excluding hydrogens is 466 g/mol. The van der Waals surface area contributed by atoms with E-state index >= 15 is 0 Å². The number of hydrogen-bond acceptors (Lipinski definition) is 5. The van der Waals surface area contributed by atoms with E-state index in [2.05, 4.69) is 5.32 Å². The van der Waals surface area contributed by atoms with Gasteiger partial charge in [0.15, 0.2) is 0 Å². The highest BCUT2D eigenvalue weighted by molar-refractivity contribution is 7.89. The predicted octanol–water partition coefficient (Wildman–Crippen LogP) is 3.91. The van der Waals surface area contributed by atoms with E-state index in [9.17, 15) is 18.0 Å². The molecule has 35 heavy (non-hydrogen) atoms. The van der Waals surface area contributed by atoms with Crippen LogP contribution in [0.25, 0.3) is 10.9 Å². The number of anilines is 1. The van der Waals surface area contributed by atoms with Crippen molar-refractivity contribution in [2.75, 3.05) is 25.5 Å². The Kier molecular flexibility index (Phi) is 7.57. The Labute approximate surface area is 205 Å². The Hall–Kier alpha value is -3.17. The maximum Gasteiger partial charge on any atom is 0.251 e. The van der Waals surface area contributed by atoms with Crippen LogP contribution in [0.4, 0.5) is 5.69 Å². The number of hydrogen-bond donors (Lipinski definition) is 1. The van der Waals surface area contributed by atoms with Crippen molar-refractivity contribution in [3.63, 3.8) is 0 Å². The fourth-order valence-electron chi connectivity index (χ4n) is 4.53. The molecule has 2 aromatic carbocycles.